The minimum absolute atomic E-state index is 0.0984. The molecule has 0 aliphatic heterocycles. The Bertz CT molecular complexity index is 1080. The van der Waals surface area contributed by atoms with Crippen LogP contribution in [0.2, 0.25) is 0 Å². The minimum Gasteiger partial charge on any atom is -0.493 e. The monoisotopic (exact) mass is 471 g/mol. The Labute approximate surface area is 181 Å². The normalized spacial score (nSPS) is 13.1. The van der Waals surface area contributed by atoms with Crippen molar-refractivity contribution in [3.8, 4) is 23.6 Å². The van der Waals surface area contributed by atoms with E-state index in [1.54, 1.807) is 12.1 Å². The van der Waals surface area contributed by atoms with Gasteiger partial charge in [0.1, 0.15) is 22.7 Å². The average Bonchev–Trinajstić information content (AvgIpc) is 3.08. The number of aryl methyl sites for hydroxylation is 1. The first-order valence-electron chi connectivity index (χ1n) is 8.91. The van der Waals surface area contributed by atoms with Crippen LogP contribution in [0.5, 0.6) is 11.5 Å². The zero-order chi connectivity index (χ0) is 21.0. The molecule has 2 aromatic rings. The number of hydrogen-bond acceptors (Lipinski definition) is 6. The Kier molecular flexibility index (Phi) is 6.58. The molecule has 1 aliphatic carbocycles. The molecule has 0 saturated carbocycles. The third kappa shape index (κ3) is 4.29. The SMILES string of the molecule is COc1cc(Br)cc(/C=C(\C#N)C(=O)Nc2sc3c(c2C#N)CCCC3)c1OC. The van der Waals surface area contributed by atoms with Crippen LogP contribution in [-0.4, -0.2) is 20.1 Å². The van der Waals surface area contributed by atoms with E-state index in [0.717, 1.165) is 40.6 Å². The Hall–Kier alpha value is -2.81. The van der Waals surface area contributed by atoms with Gasteiger partial charge < -0.3 is 14.8 Å². The largest absolute Gasteiger partial charge is 0.493 e. The molecule has 0 radical (unpaired) electrons. The fourth-order valence-corrected chi connectivity index (χ4v) is 5.00. The van der Waals surface area contributed by atoms with Gasteiger partial charge in [-0.2, -0.15) is 10.5 Å². The van der Waals surface area contributed by atoms with Crippen molar-refractivity contribution in [3.63, 3.8) is 0 Å². The molecular weight excluding hydrogens is 454 g/mol. The lowest BCUT2D eigenvalue weighted by Crippen LogP contribution is -2.13. The van der Waals surface area contributed by atoms with Crippen LogP contribution < -0.4 is 14.8 Å². The third-order valence-corrected chi connectivity index (χ3v) is 6.31. The molecule has 0 atom stereocenters. The van der Waals surface area contributed by atoms with E-state index in [9.17, 15) is 15.3 Å². The van der Waals surface area contributed by atoms with Crippen LogP contribution in [0.1, 0.15) is 34.4 Å². The van der Waals surface area contributed by atoms with E-state index in [1.165, 1.54) is 31.6 Å². The number of thiophene rings is 1. The highest BCUT2D eigenvalue weighted by molar-refractivity contribution is 9.10. The number of fused-ring (bicyclic) bond motifs is 1. The molecule has 1 N–H and O–H groups in total. The molecule has 1 aromatic carbocycles. The smallest absolute Gasteiger partial charge is 0.266 e. The number of amides is 1. The molecule has 1 aromatic heterocycles. The van der Waals surface area contributed by atoms with Crippen molar-refractivity contribution in [1.29, 1.82) is 10.5 Å². The van der Waals surface area contributed by atoms with Gasteiger partial charge in [0, 0.05) is 14.9 Å². The molecule has 0 saturated heterocycles. The van der Waals surface area contributed by atoms with E-state index < -0.39 is 5.91 Å². The number of carbonyl (C=O) groups is 1. The standard InChI is InChI=1S/C21H18BrN3O3S/c1-27-17-9-14(22)8-12(19(17)28-2)7-13(10-23)20(26)25-21-16(11-24)15-5-3-4-6-18(15)29-21/h7-9H,3-6H2,1-2H3,(H,25,26)/b13-7+. The summed E-state index contributed by atoms with van der Waals surface area (Å²) in [5.74, 6) is 0.327. The molecule has 148 valence electrons. The topological polar surface area (TPSA) is 95.1 Å². The van der Waals surface area contributed by atoms with Gasteiger partial charge in [-0.3, -0.25) is 4.79 Å². The molecule has 0 fully saturated rings. The number of halogens is 1. The Balaban J connectivity index is 1.95. The molecular formula is C21H18BrN3O3S. The number of nitrogens with one attached hydrogen (secondary N) is 1. The lowest BCUT2D eigenvalue weighted by molar-refractivity contribution is -0.112. The van der Waals surface area contributed by atoms with Crippen LogP contribution in [-0.2, 0) is 17.6 Å². The number of nitriles is 2. The van der Waals surface area contributed by atoms with Gasteiger partial charge in [-0.05, 0) is 49.5 Å². The first kappa shape index (κ1) is 20.9. The number of rotatable bonds is 5. The van der Waals surface area contributed by atoms with Crippen LogP contribution >= 0.6 is 27.3 Å². The van der Waals surface area contributed by atoms with Crippen molar-refractivity contribution in [3.05, 3.63) is 43.7 Å². The number of ether oxygens (including phenoxy) is 2. The minimum atomic E-state index is -0.566. The zero-order valence-electron chi connectivity index (χ0n) is 16.0. The zero-order valence-corrected chi connectivity index (χ0v) is 18.4. The molecule has 1 heterocycles. The maximum absolute atomic E-state index is 12.8. The second-order valence-electron chi connectivity index (χ2n) is 6.38. The van der Waals surface area contributed by atoms with Crippen molar-refractivity contribution >= 4 is 44.3 Å². The summed E-state index contributed by atoms with van der Waals surface area (Å²) in [5.41, 5.74) is 1.96. The van der Waals surface area contributed by atoms with Crippen LogP contribution in [0, 0.1) is 22.7 Å². The first-order chi connectivity index (χ1) is 14.0. The molecule has 6 nitrogen and oxygen atoms in total. The molecule has 3 rings (SSSR count). The van der Waals surface area contributed by atoms with E-state index in [1.807, 2.05) is 6.07 Å². The van der Waals surface area contributed by atoms with Crippen molar-refractivity contribution in [2.24, 2.45) is 0 Å². The maximum Gasteiger partial charge on any atom is 0.266 e. The van der Waals surface area contributed by atoms with Crippen molar-refractivity contribution in [1.82, 2.24) is 0 Å². The van der Waals surface area contributed by atoms with Gasteiger partial charge in [0.2, 0.25) is 0 Å². The summed E-state index contributed by atoms with van der Waals surface area (Å²) < 4.78 is 11.4. The number of anilines is 1. The highest BCUT2D eigenvalue weighted by atomic mass is 79.9. The van der Waals surface area contributed by atoms with Crippen molar-refractivity contribution < 1.29 is 14.3 Å². The van der Waals surface area contributed by atoms with Gasteiger partial charge in [-0.25, -0.2) is 0 Å². The maximum atomic E-state index is 12.8. The predicted octanol–water partition coefficient (Wildman–Crippen LogP) is 4.82. The summed E-state index contributed by atoms with van der Waals surface area (Å²) >= 11 is 4.81. The van der Waals surface area contributed by atoms with Crippen molar-refractivity contribution in [2.75, 3.05) is 19.5 Å². The molecule has 1 aliphatic rings. The van der Waals surface area contributed by atoms with Crippen LogP contribution in [0.4, 0.5) is 5.00 Å². The lowest BCUT2D eigenvalue weighted by atomic mass is 9.96. The van der Waals surface area contributed by atoms with Crippen LogP contribution in [0.15, 0.2) is 22.2 Å². The van der Waals surface area contributed by atoms with Gasteiger partial charge in [0.25, 0.3) is 5.91 Å². The molecule has 0 spiro atoms. The fourth-order valence-electron chi connectivity index (χ4n) is 3.31. The fraction of sp³-hybridized carbons (Fsp3) is 0.286. The summed E-state index contributed by atoms with van der Waals surface area (Å²) in [4.78, 5) is 13.9. The Morgan fingerprint density at radius 2 is 2.00 bits per heavy atom. The molecule has 8 heteroatoms. The average molecular weight is 472 g/mol. The van der Waals surface area contributed by atoms with E-state index in [4.69, 9.17) is 9.47 Å². The highest BCUT2D eigenvalue weighted by Crippen LogP contribution is 2.38. The third-order valence-electron chi connectivity index (χ3n) is 4.65. The van der Waals surface area contributed by atoms with E-state index in [-0.39, 0.29) is 5.57 Å². The summed E-state index contributed by atoms with van der Waals surface area (Å²) in [6.07, 6.45) is 5.33. The van der Waals surface area contributed by atoms with E-state index >= 15 is 0 Å². The summed E-state index contributed by atoms with van der Waals surface area (Å²) in [6.45, 7) is 0. The van der Waals surface area contributed by atoms with E-state index in [0.29, 0.717) is 27.6 Å². The Morgan fingerprint density at radius 3 is 2.66 bits per heavy atom. The Morgan fingerprint density at radius 1 is 1.24 bits per heavy atom. The second-order valence-corrected chi connectivity index (χ2v) is 8.40. The molecule has 1 amide bonds. The molecule has 0 bridgehead atoms. The van der Waals surface area contributed by atoms with Gasteiger partial charge in [-0.15, -0.1) is 11.3 Å². The summed E-state index contributed by atoms with van der Waals surface area (Å²) in [6, 6.07) is 7.61. The highest BCUT2D eigenvalue weighted by Gasteiger charge is 2.23. The van der Waals surface area contributed by atoms with Crippen LogP contribution in [0.3, 0.4) is 0 Å². The number of carbonyl (C=O) groups excluding carboxylic acids is 1. The van der Waals surface area contributed by atoms with Crippen LogP contribution in [0.25, 0.3) is 6.08 Å². The molecule has 0 unspecified atom stereocenters. The van der Waals surface area contributed by atoms with E-state index in [2.05, 4.69) is 27.3 Å². The van der Waals surface area contributed by atoms with Gasteiger partial charge in [0.05, 0.1) is 19.8 Å². The van der Waals surface area contributed by atoms with Crippen molar-refractivity contribution in [2.45, 2.75) is 25.7 Å². The second kappa shape index (κ2) is 9.13. The lowest BCUT2D eigenvalue weighted by Gasteiger charge is -2.11. The first-order valence-corrected chi connectivity index (χ1v) is 10.5. The number of nitrogens with zero attached hydrogens (tertiary/aromatic N) is 2. The number of benzene rings is 1. The summed E-state index contributed by atoms with van der Waals surface area (Å²) in [7, 11) is 3.00. The van der Waals surface area contributed by atoms with Gasteiger partial charge in [0.15, 0.2) is 11.5 Å². The number of hydrogen-bond donors (Lipinski definition) is 1. The quantitative estimate of drug-likeness (QED) is 0.497. The summed E-state index contributed by atoms with van der Waals surface area (Å²) in [5, 5.41) is 22.4. The molecule has 29 heavy (non-hydrogen) atoms. The van der Waals surface area contributed by atoms with Gasteiger partial charge >= 0.3 is 0 Å². The number of methoxy groups -OCH3 is 2. The predicted molar refractivity (Wildman–Crippen MR) is 115 cm³/mol. The van der Waals surface area contributed by atoms with Gasteiger partial charge in [-0.1, -0.05) is 15.9 Å².